The van der Waals surface area contributed by atoms with E-state index in [0.717, 1.165) is 23.7 Å². The average molecular weight is 315 g/mol. The summed E-state index contributed by atoms with van der Waals surface area (Å²) in [6, 6.07) is 0. The molecule has 5 aliphatic rings. The van der Waals surface area contributed by atoms with Crippen LogP contribution >= 0.6 is 0 Å². The van der Waals surface area contributed by atoms with E-state index in [1.54, 1.807) is 5.57 Å². The van der Waals surface area contributed by atoms with Gasteiger partial charge in [-0.3, -0.25) is 0 Å². The van der Waals surface area contributed by atoms with Gasteiger partial charge in [0.25, 0.3) is 0 Å². The summed E-state index contributed by atoms with van der Waals surface area (Å²) >= 11 is 0. The Morgan fingerprint density at radius 2 is 1.83 bits per heavy atom. The zero-order chi connectivity index (χ0) is 15.7. The lowest BCUT2D eigenvalue weighted by molar-refractivity contribution is -0.150. The number of allylic oxidation sites excluding steroid dienone is 1. The van der Waals surface area contributed by atoms with E-state index < -0.39 is 0 Å². The number of hydrogen-bond acceptors (Lipinski definition) is 1. The molecular formula is C22H34O. The van der Waals surface area contributed by atoms with Gasteiger partial charge in [-0.05, 0) is 81.0 Å². The molecule has 1 saturated heterocycles. The van der Waals surface area contributed by atoms with Crippen molar-refractivity contribution in [3.05, 3.63) is 12.2 Å². The first kappa shape index (κ1) is 15.0. The first-order chi connectivity index (χ1) is 11.1. The van der Waals surface area contributed by atoms with E-state index in [2.05, 4.69) is 13.5 Å². The van der Waals surface area contributed by atoms with E-state index in [4.69, 9.17) is 4.74 Å². The minimum atomic E-state index is 0.227. The summed E-state index contributed by atoms with van der Waals surface area (Å²) in [6.45, 7) is 6.96. The summed E-state index contributed by atoms with van der Waals surface area (Å²) in [5, 5.41) is 0. The molecule has 0 N–H and O–H groups in total. The fraction of sp³-hybridized carbons (Fsp3) is 0.909. The van der Waals surface area contributed by atoms with Gasteiger partial charge in [0.05, 0.1) is 11.7 Å². The van der Waals surface area contributed by atoms with Gasteiger partial charge < -0.3 is 4.74 Å². The second kappa shape index (κ2) is 5.10. The maximum Gasteiger partial charge on any atom is 0.0923 e. The van der Waals surface area contributed by atoms with Gasteiger partial charge in [-0.2, -0.15) is 0 Å². The largest absolute Gasteiger partial charge is 0.366 e. The van der Waals surface area contributed by atoms with Crippen molar-refractivity contribution in [3.8, 4) is 0 Å². The van der Waals surface area contributed by atoms with E-state index in [1.807, 2.05) is 0 Å². The summed E-state index contributed by atoms with van der Waals surface area (Å²) in [5.74, 6) is 3.79. The molecule has 0 spiro atoms. The van der Waals surface area contributed by atoms with Crippen LogP contribution in [0.25, 0.3) is 0 Å². The molecule has 1 aliphatic heterocycles. The number of epoxide rings is 1. The van der Waals surface area contributed by atoms with Crippen molar-refractivity contribution in [3.63, 3.8) is 0 Å². The van der Waals surface area contributed by atoms with Crippen molar-refractivity contribution >= 4 is 0 Å². The highest BCUT2D eigenvalue weighted by molar-refractivity contribution is 5.21. The van der Waals surface area contributed by atoms with Crippen LogP contribution in [-0.2, 0) is 4.74 Å². The van der Waals surface area contributed by atoms with Crippen LogP contribution in [0.15, 0.2) is 12.2 Å². The fourth-order valence-electron chi connectivity index (χ4n) is 7.66. The third-order valence-corrected chi connectivity index (χ3v) is 8.80. The summed E-state index contributed by atoms with van der Waals surface area (Å²) in [5.41, 5.74) is 2.53. The molecule has 128 valence electrons. The van der Waals surface area contributed by atoms with Gasteiger partial charge in [0.2, 0.25) is 0 Å². The molecule has 0 bridgehead atoms. The predicted molar refractivity (Wildman–Crippen MR) is 94.2 cm³/mol. The topological polar surface area (TPSA) is 12.5 Å². The maximum absolute atomic E-state index is 6.17. The molecule has 4 aliphatic carbocycles. The third-order valence-electron chi connectivity index (χ3n) is 8.80. The smallest absolute Gasteiger partial charge is 0.0923 e. The minimum Gasteiger partial charge on any atom is -0.366 e. The van der Waals surface area contributed by atoms with Gasteiger partial charge in [0.1, 0.15) is 0 Å². The van der Waals surface area contributed by atoms with Crippen LogP contribution in [0.5, 0.6) is 0 Å². The minimum absolute atomic E-state index is 0.227. The zero-order valence-electron chi connectivity index (χ0n) is 15.0. The normalized spacial score (nSPS) is 53.2. The summed E-state index contributed by atoms with van der Waals surface area (Å²) in [7, 11) is 0. The molecule has 0 aromatic carbocycles. The number of rotatable bonds is 1. The zero-order valence-corrected chi connectivity index (χ0v) is 15.0. The Bertz CT molecular complexity index is 504. The number of ether oxygens (including phenoxy) is 1. The van der Waals surface area contributed by atoms with Crippen LogP contribution in [0, 0.1) is 29.1 Å². The highest BCUT2D eigenvalue weighted by Crippen LogP contribution is 2.70. The quantitative estimate of drug-likeness (QED) is 0.434. The number of hydrogen-bond donors (Lipinski definition) is 0. The fourth-order valence-corrected chi connectivity index (χ4v) is 7.66. The molecule has 5 rings (SSSR count). The Morgan fingerprint density at radius 1 is 1.00 bits per heavy atom. The summed E-state index contributed by atoms with van der Waals surface area (Å²) < 4.78 is 6.17. The van der Waals surface area contributed by atoms with Crippen molar-refractivity contribution < 1.29 is 4.74 Å². The first-order valence-electron chi connectivity index (χ1n) is 10.5. The highest BCUT2D eigenvalue weighted by atomic mass is 16.6. The van der Waals surface area contributed by atoms with Crippen LogP contribution in [0.3, 0.4) is 0 Å². The molecule has 1 nitrogen and oxygen atoms in total. The summed E-state index contributed by atoms with van der Waals surface area (Å²) in [6.07, 6.45) is 17.9. The monoisotopic (exact) mass is 314 g/mol. The van der Waals surface area contributed by atoms with Crippen LogP contribution < -0.4 is 0 Å². The lowest BCUT2D eigenvalue weighted by Gasteiger charge is -2.66. The van der Waals surface area contributed by atoms with Crippen LogP contribution in [0.1, 0.15) is 84.0 Å². The molecule has 0 radical (unpaired) electrons. The van der Waals surface area contributed by atoms with Gasteiger partial charge in [0.15, 0.2) is 0 Å². The Morgan fingerprint density at radius 3 is 2.65 bits per heavy atom. The van der Waals surface area contributed by atoms with E-state index in [1.165, 1.54) is 77.0 Å². The lowest BCUT2D eigenvalue weighted by atomic mass is 9.39. The molecule has 0 aromatic rings. The van der Waals surface area contributed by atoms with Gasteiger partial charge in [-0.1, -0.05) is 44.3 Å². The van der Waals surface area contributed by atoms with Crippen molar-refractivity contribution in [2.75, 3.05) is 0 Å². The molecule has 5 fully saturated rings. The second-order valence-corrected chi connectivity index (χ2v) is 9.88. The van der Waals surface area contributed by atoms with E-state index in [0.29, 0.717) is 11.5 Å². The van der Waals surface area contributed by atoms with E-state index in [-0.39, 0.29) is 5.60 Å². The van der Waals surface area contributed by atoms with Gasteiger partial charge in [-0.15, -0.1) is 0 Å². The van der Waals surface area contributed by atoms with E-state index >= 15 is 0 Å². The second-order valence-electron chi connectivity index (χ2n) is 9.88. The van der Waals surface area contributed by atoms with Crippen LogP contribution in [0.2, 0.25) is 0 Å². The predicted octanol–water partition coefficient (Wildman–Crippen LogP) is 5.89. The molecule has 6 atom stereocenters. The molecule has 1 heterocycles. The average Bonchev–Trinajstić information content (AvgIpc) is 3.16. The van der Waals surface area contributed by atoms with Crippen molar-refractivity contribution in [2.24, 2.45) is 29.1 Å². The highest BCUT2D eigenvalue weighted by Gasteiger charge is 2.64. The number of fused-ring (bicyclic) bond motifs is 1. The SMILES string of the molecule is C=C1CCC2OC2(C)CC2CCCC3(C4CCCCC4)CC1C23. The summed E-state index contributed by atoms with van der Waals surface area (Å²) in [4.78, 5) is 0. The molecule has 4 saturated carbocycles. The Labute approximate surface area is 142 Å². The van der Waals surface area contributed by atoms with Crippen molar-refractivity contribution in [1.82, 2.24) is 0 Å². The standard InChI is InChI=1S/C22H34O/c1-15-10-11-19-21(2,23-19)13-16-7-6-12-22(14-18(15)20(16)22)17-8-4-3-5-9-17/h16-20H,1,3-14H2,2H3. The molecule has 6 unspecified atom stereocenters. The third kappa shape index (κ3) is 2.14. The molecule has 1 heteroatoms. The van der Waals surface area contributed by atoms with Gasteiger partial charge in [0, 0.05) is 0 Å². The van der Waals surface area contributed by atoms with Gasteiger partial charge >= 0.3 is 0 Å². The van der Waals surface area contributed by atoms with Crippen LogP contribution in [-0.4, -0.2) is 11.7 Å². The Balaban J connectivity index is 1.47. The molecule has 23 heavy (non-hydrogen) atoms. The Kier molecular flexibility index (Phi) is 3.32. The molecule has 0 amide bonds. The van der Waals surface area contributed by atoms with Gasteiger partial charge in [-0.25, -0.2) is 0 Å². The van der Waals surface area contributed by atoms with Crippen molar-refractivity contribution in [2.45, 2.75) is 95.7 Å². The molecular weight excluding hydrogens is 280 g/mol. The maximum atomic E-state index is 6.17. The lowest BCUT2D eigenvalue weighted by Crippen LogP contribution is -2.58. The molecule has 0 aromatic heterocycles. The Hall–Kier alpha value is -0.300. The van der Waals surface area contributed by atoms with Crippen molar-refractivity contribution in [1.29, 1.82) is 0 Å². The van der Waals surface area contributed by atoms with Crippen LogP contribution in [0.4, 0.5) is 0 Å². The van der Waals surface area contributed by atoms with E-state index in [9.17, 15) is 0 Å². The first-order valence-corrected chi connectivity index (χ1v) is 10.5.